The zero-order chi connectivity index (χ0) is 17.2. The number of carbonyl (C=O) groups excluding carboxylic acids is 2. The number of hydrogen-bond donors (Lipinski definition) is 2. The molecular weight excluding hydrogens is 346 g/mol. The zero-order valence-electron chi connectivity index (χ0n) is 13.3. The second-order valence-corrected chi connectivity index (χ2v) is 8.30. The Labute approximate surface area is 147 Å². The number of carbonyl (C=O) groups is 2. The van der Waals surface area contributed by atoms with Crippen LogP contribution in [-0.4, -0.2) is 43.3 Å². The van der Waals surface area contributed by atoms with Gasteiger partial charge in [-0.3, -0.25) is 19.6 Å². The second kappa shape index (κ2) is 6.86. The van der Waals surface area contributed by atoms with E-state index in [1.807, 2.05) is 19.2 Å². The Morgan fingerprint density at radius 1 is 1.46 bits per heavy atom. The maximum Gasteiger partial charge on any atom is 0.243 e. The molecule has 0 aromatic carbocycles. The van der Waals surface area contributed by atoms with E-state index in [0.717, 1.165) is 10.7 Å². The first-order valence-corrected chi connectivity index (χ1v) is 9.25. The Bertz CT molecular complexity index is 747. The summed E-state index contributed by atoms with van der Waals surface area (Å²) in [6.07, 6.45) is 4.87. The molecule has 1 unspecified atom stereocenters. The lowest BCUT2D eigenvalue weighted by Gasteiger charge is -2.32. The standard InChI is InChI=1S/C15H17N5O2S2/c1-15(2)14(22)20-11(8-24-15)12(21)18-5-9-7-23-13(19-9)10-6-16-3-4-17-10/h3-4,6-7,11H,5,8H2,1-2H3,(H,18,21)(H,20,22). The molecule has 1 atom stereocenters. The maximum absolute atomic E-state index is 12.2. The molecule has 1 saturated heterocycles. The molecule has 1 fully saturated rings. The van der Waals surface area contributed by atoms with E-state index in [1.54, 1.807) is 18.6 Å². The lowest BCUT2D eigenvalue weighted by molar-refractivity contribution is -0.129. The van der Waals surface area contributed by atoms with E-state index >= 15 is 0 Å². The Morgan fingerprint density at radius 3 is 3.00 bits per heavy atom. The molecule has 0 aliphatic carbocycles. The van der Waals surface area contributed by atoms with Crippen LogP contribution in [0.2, 0.25) is 0 Å². The highest BCUT2D eigenvalue weighted by Crippen LogP contribution is 2.29. The van der Waals surface area contributed by atoms with Crippen molar-refractivity contribution in [3.8, 4) is 10.7 Å². The van der Waals surface area contributed by atoms with Gasteiger partial charge in [-0.15, -0.1) is 23.1 Å². The van der Waals surface area contributed by atoms with Crippen molar-refractivity contribution in [2.45, 2.75) is 31.2 Å². The van der Waals surface area contributed by atoms with E-state index in [2.05, 4.69) is 25.6 Å². The number of thioether (sulfide) groups is 1. The fraction of sp³-hybridized carbons (Fsp3) is 0.400. The van der Waals surface area contributed by atoms with E-state index in [0.29, 0.717) is 18.0 Å². The highest BCUT2D eigenvalue weighted by Gasteiger charge is 2.37. The van der Waals surface area contributed by atoms with E-state index in [4.69, 9.17) is 0 Å². The van der Waals surface area contributed by atoms with E-state index < -0.39 is 10.8 Å². The minimum atomic E-state index is -0.506. The Morgan fingerprint density at radius 2 is 2.29 bits per heavy atom. The molecule has 0 bridgehead atoms. The number of nitrogens with one attached hydrogen (secondary N) is 2. The van der Waals surface area contributed by atoms with Crippen LogP contribution in [0.3, 0.4) is 0 Å². The molecule has 2 amide bonds. The van der Waals surface area contributed by atoms with Gasteiger partial charge in [-0.05, 0) is 13.8 Å². The third-order valence-corrected chi connectivity index (χ3v) is 5.88. The van der Waals surface area contributed by atoms with Gasteiger partial charge in [0.05, 0.1) is 23.2 Å². The molecule has 2 aromatic heterocycles. The largest absolute Gasteiger partial charge is 0.349 e. The third kappa shape index (κ3) is 3.73. The summed E-state index contributed by atoms with van der Waals surface area (Å²) in [7, 11) is 0. The van der Waals surface area contributed by atoms with Crippen LogP contribution in [0.25, 0.3) is 10.7 Å². The minimum Gasteiger partial charge on any atom is -0.349 e. The number of nitrogens with zero attached hydrogens (tertiary/aromatic N) is 3. The second-order valence-electron chi connectivity index (χ2n) is 5.80. The van der Waals surface area contributed by atoms with Crippen molar-refractivity contribution in [3.63, 3.8) is 0 Å². The average Bonchev–Trinajstić information content (AvgIpc) is 3.05. The molecule has 3 heterocycles. The van der Waals surface area contributed by atoms with Crippen molar-refractivity contribution in [3.05, 3.63) is 29.7 Å². The number of aromatic nitrogens is 3. The minimum absolute atomic E-state index is 0.113. The van der Waals surface area contributed by atoms with Crippen molar-refractivity contribution < 1.29 is 9.59 Å². The van der Waals surface area contributed by atoms with Crippen LogP contribution in [0.4, 0.5) is 0 Å². The van der Waals surface area contributed by atoms with Crippen molar-refractivity contribution in [2.24, 2.45) is 0 Å². The molecule has 2 aromatic rings. The number of hydrogen-bond acceptors (Lipinski definition) is 7. The van der Waals surface area contributed by atoms with Crippen molar-refractivity contribution in [1.29, 1.82) is 0 Å². The monoisotopic (exact) mass is 363 g/mol. The topological polar surface area (TPSA) is 96.9 Å². The molecule has 2 N–H and O–H groups in total. The molecule has 126 valence electrons. The summed E-state index contributed by atoms with van der Waals surface area (Å²) in [6, 6.07) is -0.506. The Kier molecular flexibility index (Phi) is 4.81. The zero-order valence-corrected chi connectivity index (χ0v) is 14.9. The summed E-state index contributed by atoms with van der Waals surface area (Å²) in [6.45, 7) is 4.02. The van der Waals surface area contributed by atoms with Gasteiger partial charge in [-0.1, -0.05) is 0 Å². The summed E-state index contributed by atoms with van der Waals surface area (Å²) in [5.74, 6) is 0.254. The first-order chi connectivity index (χ1) is 11.5. The summed E-state index contributed by atoms with van der Waals surface area (Å²) in [5.41, 5.74) is 1.46. The van der Waals surface area contributed by atoms with Crippen LogP contribution < -0.4 is 10.6 Å². The lowest BCUT2D eigenvalue weighted by atomic mass is 10.1. The van der Waals surface area contributed by atoms with Crippen molar-refractivity contribution >= 4 is 34.9 Å². The molecule has 0 spiro atoms. The summed E-state index contributed by atoms with van der Waals surface area (Å²) in [5, 5.41) is 8.22. The third-order valence-electron chi connectivity index (χ3n) is 3.56. The molecule has 7 nitrogen and oxygen atoms in total. The lowest BCUT2D eigenvalue weighted by Crippen LogP contribution is -2.57. The Balaban J connectivity index is 1.56. The molecule has 24 heavy (non-hydrogen) atoms. The van der Waals surface area contributed by atoms with Gasteiger partial charge >= 0.3 is 0 Å². The van der Waals surface area contributed by atoms with Crippen LogP contribution in [0, 0.1) is 0 Å². The van der Waals surface area contributed by atoms with Crippen LogP contribution in [0.5, 0.6) is 0 Å². The SMILES string of the molecule is CC1(C)SCC(C(=O)NCc2csc(-c3cnccn3)n2)NC1=O. The van der Waals surface area contributed by atoms with Crippen LogP contribution in [-0.2, 0) is 16.1 Å². The molecule has 0 radical (unpaired) electrons. The molecule has 0 saturated carbocycles. The van der Waals surface area contributed by atoms with Crippen LogP contribution >= 0.6 is 23.1 Å². The highest BCUT2D eigenvalue weighted by molar-refractivity contribution is 8.01. The highest BCUT2D eigenvalue weighted by atomic mass is 32.2. The summed E-state index contributed by atoms with van der Waals surface area (Å²) < 4.78 is -0.489. The molecular formula is C15H17N5O2S2. The molecule has 3 rings (SSSR count). The predicted molar refractivity (Wildman–Crippen MR) is 93.5 cm³/mol. The van der Waals surface area contributed by atoms with Gasteiger partial charge in [0.2, 0.25) is 11.8 Å². The first kappa shape index (κ1) is 16.8. The van der Waals surface area contributed by atoms with Gasteiger partial charge in [0.1, 0.15) is 16.7 Å². The number of amides is 2. The molecule has 1 aliphatic rings. The van der Waals surface area contributed by atoms with E-state index in [1.165, 1.54) is 23.1 Å². The van der Waals surface area contributed by atoms with Crippen molar-refractivity contribution in [1.82, 2.24) is 25.6 Å². The smallest absolute Gasteiger partial charge is 0.243 e. The fourth-order valence-electron chi connectivity index (χ4n) is 2.09. The quantitative estimate of drug-likeness (QED) is 0.848. The van der Waals surface area contributed by atoms with Gasteiger partial charge in [-0.2, -0.15) is 0 Å². The predicted octanol–water partition coefficient (Wildman–Crippen LogP) is 1.23. The van der Waals surface area contributed by atoms with E-state index in [-0.39, 0.29) is 11.8 Å². The molecule has 9 heteroatoms. The van der Waals surface area contributed by atoms with Crippen LogP contribution in [0.1, 0.15) is 19.5 Å². The van der Waals surface area contributed by atoms with Gasteiger partial charge in [0, 0.05) is 23.5 Å². The first-order valence-electron chi connectivity index (χ1n) is 7.39. The summed E-state index contributed by atoms with van der Waals surface area (Å²) in [4.78, 5) is 36.8. The normalized spacial score (nSPS) is 19.6. The number of thiazole rings is 1. The van der Waals surface area contributed by atoms with Crippen LogP contribution in [0.15, 0.2) is 24.0 Å². The maximum atomic E-state index is 12.2. The fourth-order valence-corrected chi connectivity index (χ4v) is 3.88. The Hall–Kier alpha value is -2.00. The van der Waals surface area contributed by atoms with Crippen molar-refractivity contribution in [2.75, 3.05) is 5.75 Å². The number of rotatable bonds is 4. The van der Waals surface area contributed by atoms with Gasteiger partial charge in [0.15, 0.2) is 0 Å². The van der Waals surface area contributed by atoms with Gasteiger partial charge in [0.25, 0.3) is 0 Å². The van der Waals surface area contributed by atoms with Gasteiger partial charge in [-0.25, -0.2) is 4.98 Å². The van der Waals surface area contributed by atoms with E-state index in [9.17, 15) is 9.59 Å². The average molecular weight is 363 g/mol. The summed E-state index contributed by atoms with van der Waals surface area (Å²) >= 11 is 2.94. The molecule has 1 aliphatic heterocycles. The van der Waals surface area contributed by atoms with Gasteiger partial charge < -0.3 is 10.6 Å².